The fourth-order valence-electron chi connectivity index (χ4n) is 1.45. The molecule has 0 bridgehead atoms. The van der Waals surface area contributed by atoms with E-state index < -0.39 is 79.5 Å². The molecule has 0 aromatic rings. The minimum Gasteiger partial charge on any atom is -0.452 e. The van der Waals surface area contributed by atoms with E-state index in [-0.39, 0.29) is 0 Å². The predicted molar refractivity (Wildman–Crippen MR) is 88.1 cm³/mol. The highest BCUT2D eigenvalue weighted by Crippen LogP contribution is 2.20. The van der Waals surface area contributed by atoms with E-state index in [0.717, 1.165) is 13.8 Å². The molecule has 32 heavy (non-hydrogen) atoms. The van der Waals surface area contributed by atoms with Crippen molar-refractivity contribution in [3.8, 4) is 0 Å². The Bertz CT molecular complexity index is 748. The Labute approximate surface area is 177 Å². The van der Waals surface area contributed by atoms with Gasteiger partial charge in [-0.2, -0.15) is 0 Å². The summed E-state index contributed by atoms with van der Waals surface area (Å²) in [5, 5.41) is 18.9. The topological polar surface area (TPSA) is 251 Å². The standard InChI is InChI=1S/C15H19NO16/c1-7(18)27-29-10(20)3-15(25,14(24)32-28-8(2)19)4-11(21)30-31-12(22)6-26-13(23)9(16)5-17/h9,17,25H,3-6,16H2,1-2H3. The van der Waals surface area contributed by atoms with Gasteiger partial charge in [0.15, 0.2) is 12.2 Å². The molecule has 0 rings (SSSR count). The van der Waals surface area contributed by atoms with E-state index in [1.54, 1.807) is 0 Å². The number of carbonyl (C=O) groups is 7. The average Bonchev–Trinajstić information content (AvgIpc) is 2.71. The summed E-state index contributed by atoms with van der Waals surface area (Å²) >= 11 is 0. The normalized spacial score (nSPS) is 12.8. The van der Waals surface area contributed by atoms with Crippen LogP contribution in [0.2, 0.25) is 0 Å². The molecular weight excluding hydrogens is 450 g/mol. The van der Waals surface area contributed by atoms with Crippen LogP contribution < -0.4 is 5.73 Å². The van der Waals surface area contributed by atoms with Crippen LogP contribution in [-0.4, -0.2) is 76.9 Å². The van der Waals surface area contributed by atoms with Gasteiger partial charge in [-0.3, -0.25) is 4.79 Å². The lowest BCUT2D eigenvalue weighted by Gasteiger charge is -2.21. The first-order valence-electron chi connectivity index (χ1n) is 8.23. The third-order valence-electron chi connectivity index (χ3n) is 2.80. The molecule has 0 aliphatic carbocycles. The van der Waals surface area contributed by atoms with Crippen LogP contribution in [0.5, 0.6) is 0 Å². The molecule has 0 radical (unpaired) electrons. The number of esters is 1. The molecule has 0 saturated heterocycles. The zero-order valence-electron chi connectivity index (χ0n) is 16.6. The molecule has 0 amide bonds. The van der Waals surface area contributed by atoms with Gasteiger partial charge in [-0.05, 0) is 0 Å². The van der Waals surface area contributed by atoms with Crippen molar-refractivity contribution < 1.29 is 77.8 Å². The average molecular weight is 469 g/mol. The Morgan fingerprint density at radius 3 is 1.69 bits per heavy atom. The summed E-state index contributed by atoms with van der Waals surface area (Å²) in [4.78, 5) is 103. The van der Waals surface area contributed by atoms with Crippen molar-refractivity contribution in [3.05, 3.63) is 0 Å². The maximum atomic E-state index is 11.9. The molecule has 2 atom stereocenters. The number of ether oxygens (including phenoxy) is 1. The van der Waals surface area contributed by atoms with E-state index in [2.05, 4.69) is 34.1 Å². The Balaban J connectivity index is 4.96. The molecule has 17 nitrogen and oxygen atoms in total. The second-order valence-corrected chi connectivity index (χ2v) is 5.67. The van der Waals surface area contributed by atoms with Crippen LogP contribution >= 0.6 is 0 Å². The summed E-state index contributed by atoms with van der Waals surface area (Å²) in [5.41, 5.74) is 2.01. The number of aliphatic hydroxyl groups excluding tert-OH is 1. The third-order valence-corrected chi connectivity index (χ3v) is 2.80. The van der Waals surface area contributed by atoms with E-state index in [0.29, 0.717) is 0 Å². The molecule has 0 aromatic carbocycles. The predicted octanol–water partition coefficient (Wildman–Crippen LogP) is -3.60. The minimum atomic E-state index is -3.10. The number of carbonyl (C=O) groups excluding carboxylic acids is 7. The molecule has 0 heterocycles. The van der Waals surface area contributed by atoms with Gasteiger partial charge >= 0.3 is 41.8 Å². The van der Waals surface area contributed by atoms with E-state index >= 15 is 0 Å². The summed E-state index contributed by atoms with van der Waals surface area (Å²) in [6.07, 6.45) is -2.80. The molecule has 0 aliphatic rings. The Morgan fingerprint density at radius 1 is 0.781 bits per heavy atom. The number of hydrogen-bond acceptors (Lipinski definition) is 17. The number of hydrogen-bond donors (Lipinski definition) is 3. The summed E-state index contributed by atoms with van der Waals surface area (Å²) < 4.78 is 4.32. The lowest BCUT2D eigenvalue weighted by molar-refractivity contribution is -0.278. The number of aliphatic hydroxyl groups is 2. The molecule has 0 aromatic heterocycles. The fourth-order valence-corrected chi connectivity index (χ4v) is 1.45. The maximum absolute atomic E-state index is 11.9. The van der Waals surface area contributed by atoms with Crippen molar-refractivity contribution >= 4 is 41.8 Å². The van der Waals surface area contributed by atoms with Crippen molar-refractivity contribution in [1.82, 2.24) is 0 Å². The molecule has 2 unspecified atom stereocenters. The second kappa shape index (κ2) is 13.5. The molecule has 0 fully saturated rings. The van der Waals surface area contributed by atoms with Gasteiger partial charge in [0.2, 0.25) is 0 Å². The van der Waals surface area contributed by atoms with Gasteiger partial charge in [0.1, 0.15) is 6.04 Å². The molecule has 17 heteroatoms. The first-order valence-corrected chi connectivity index (χ1v) is 8.23. The number of nitrogens with two attached hydrogens (primary N) is 1. The zero-order chi connectivity index (χ0) is 24.9. The van der Waals surface area contributed by atoms with E-state index in [1.807, 2.05) is 0 Å². The first kappa shape index (κ1) is 28.2. The van der Waals surface area contributed by atoms with E-state index in [4.69, 9.17) is 10.8 Å². The van der Waals surface area contributed by atoms with Crippen molar-refractivity contribution in [2.24, 2.45) is 5.73 Å². The largest absolute Gasteiger partial charge is 0.452 e. The summed E-state index contributed by atoms with van der Waals surface area (Å²) in [6.45, 7) is -0.192. The minimum absolute atomic E-state index is 0.773. The van der Waals surface area contributed by atoms with Crippen molar-refractivity contribution in [2.75, 3.05) is 13.2 Å². The summed E-state index contributed by atoms with van der Waals surface area (Å²) in [7, 11) is 0. The zero-order valence-corrected chi connectivity index (χ0v) is 16.6. The molecular formula is C15H19NO16. The van der Waals surface area contributed by atoms with Crippen LogP contribution in [0.4, 0.5) is 0 Å². The van der Waals surface area contributed by atoms with Crippen LogP contribution in [0.1, 0.15) is 26.7 Å². The molecule has 0 saturated carbocycles. The van der Waals surface area contributed by atoms with Crippen LogP contribution in [0, 0.1) is 0 Å². The quantitative estimate of drug-likeness (QED) is 0.167. The second-order valence-electron chi connectivity index (χ2n) is 5.67. The van der Waals surface area contributed by atoms with Gasteiger partial charge in [-0.15, -0.1) is 0 Å². The summed E-state index contributed by atoms with van der Waals surface area (Å²) in [5.74, 6) is -9.87. The summed E-state index contributed by atoms with van der Waals surface area (Å²) in [6, 6.07) is -1.43. The van der Waals surface area contributed by atoms with E-state index in [9.17, 15) is 38.7 Å². The van der Waals surface area contributed by atoms with Gasteiger partial charge in [0.25, 0.3) is 0 Å². The Hall–Kier alpha value is -3.83. The highest BCUT2D eigenvalue weighted by Gasteiger charge is 2.46. The van der Waals surface area contributed by atoms with Crippen LogP contribution in [0.3, 0.4) is 0 Å². The SMILES string of the molecule is CC(=O)OOC(=O)CC(O)(CC(=O)OOC(=O)COC(=O)C(N)CO)C(=O)OOC(C)=O. The van der Waals surface area contributed by atoms with Crippen molar-refractivity contribution in [1.29, 1.82) is 0 Å². The maximum Gasteiger partial charge on any atom is 0.392 e. The number of rotatable bonds is 9. The third kappa shape index (κ3) is 11.4. The molecule has 180 valence electrons. The highest BCUT2D eigenvalue weighted by molar-refractivity contribution is 5.90. The van der Waals surface area contributed by atoms with Gasteiger partial charge in [-0.1, -0.05) is 0 Å². The van der Waals surface area contributed by atoms with Gasteiger partial charge in [0.05, 0.1) is 19.4 Å². The lowest BCUT2D eigenvalue weighted by Crippen LogP contribution is -2.45. The van der Waals surface area contributed by atoms with Gasteiger partial charge in [-0.25, -0.2) is 58.1 Å². The fraction of sp³-hybridized carbons (Fsp3) is 0.533. The van der Waals surface area contributed by atoms with E-state index in [1.165, 1.54) is 0 Å². The van der Waals surface area contributed by atoms with Crippen molar-refractivity contribution in [2.45, 2.75) is 38.3 Å². The smallest absolute Gasteiger partial charge is 0.392 e. The van der Waals surface area contributed by atoms with Crippen LogP contribution in [0.15, 0.2) is 0 Å². The Kier molecular flexibility index (Phi) is 11.9. The molecule has 4 N–H and O–H groups in total. The van der Waals surface area contributed by atoms with Gasteiger partial charge in [0, 0.05) is 13.8 Å². The van der Waals surface area contributed by atoms with Crippen LogP contribution in [0.25, 0.3) is 0 Å². The highest BCUT2D eigenvalue weighted by atomic mass is 17.2. The Morgan fingerprint density at radius 2 is 1.22 bits per heavy atom. The van der Waals surface area contributed by atoms with Crippen molar-refractivity contribution in [3.63, 3.8) is 0 Å². The molecule has 0 aliphatic heterocycles. The monoisotopic (exact) mass is 469 g/mol. The first-order chi connectivity index (χ1) is 14.8. The van der Waals surface area contributed by atoms with Crippen LogP contribution in [-0.2, 0) is 67.6 Å². The van der Waals surface area contributed by atoms with Gasteiger partial charge < -0.3 is 20.7 Å². The lowest BCUT2D eigenvalue weighted by atomic mass is 9.96. The molecule has 0 spiro atoms.